The number of hydrogen-bond acceptors (Lipinski definition) is 2. The van der Waals surface area contributed by atoms with E-state index in [1.54, 1.807) is 0 Å². The van der Waals surface area contributed by atoms with Crippen molar-refractivity contribution in [2.45, 2.75) is 25.2 Å². The van der Waals surface area contributed by atoms with Gasteiger partial charge in [-0.3, -0.25) is 4.21 Å². The monoisotopic (exact) mass is 261 g/mol. The van der Waals surface area contributed by atoms with Crippen LogP contribution in [0.15, 0.2) is 23.1 Å². The van der Waals surface area contributed by atoms with Crippen molar-refractivity contribution >= 4 is 10.8 Å². The maximum absolute atomic E-state index is 13.3. The molecule has 1 atom stereocenters. The molecule has 2 nitrogen and oxygen atoms in total. The van der Waals surface area contributed by atoms with Gasteiger partial charge in [0.1, 0.15) is 11.6 Å². The van der Waals surface area contributed by atoms with Crippen molar-refractivity contribution in [1.29, 1.82) is 0 Å². The Bertz CT molecular complexity index is 421. The van der Waals surface area contributed by atoms with Gasteiger partial charge in [0.15, 0.2) is 0 Å². The summed E-state index contributed by atoms with van der Waals surface area (Å²) >= 11 is 0. The van der Waals surface area contributed by atoms with Gasteiger partial charge in [-0.1, -0.05) is 13.8 Å². The number of benzene rings is 1. The van der Waals surface area contributed by atoms with Crippen LogP contribution in [0.4, 0.5) is 8.78 Å². The molecule has 0 aliphatic rings. The number of nitrogens with two attached hydrogens (primary N) is 1. The van der Waals surface area contributed by atoms with Crippen molar-refractivity contribution in [2.75, 3.05) is 12.3 Å². The lowest BCUT2D eigenvalue weighted by Gasteiger charge is -2.21. The molecule has 0 aromatic heterocycles. The highest BCUT2D eigenvalue weighted by Crippen LogP contribution is 2.21. The Morgan fingerprint density at radius 2 is 2.00 bits per heavy atom. The van der Waals surface area contributed by atoms with E-state index >= 15 is 0 Å². The Labute approximate surface area is 103 Å². The van der Waals surface area contributed by atoms with E-state index < -0.39 is 22.4 Å². The highest BCUT2D eigenvalue weighted by atomic mass is 32.2. The lowest BCUT2D eigenvalue weighted by atomic mass is 9.91. The average Bonchev–Trinajstić information content (AvgIpc) is 2.26. The fourth-order valence-corrected chi connectivity index (χ4v) is 2.69. The van der Waals surface area contributed by atoms with Gasteiger partial charge >= 0.3 is 0 Å². The van der Waals surface area contributed by atoms with Gasteiger partial charge in [0, 0.05) is 11.8 Å². The van der Waals surface area contributed by atoms with Crippen molar-refractivity contribution < 1.29 is 13.0 Å². The lowest BCUT2D eigenvalue weighted by Crippen LogP contribution is -2.25. The first-order valence-corrected chi connectivity index (χ1v) is 6.71. The average molecular weight is 261 g/mol. The zero-order valence-electron chi connectivity index (χ0n) is 10.0. The van der Waals surface area contributed by atoms with Crippen LogP contribution >= 0.6 is 0 Å². The summed E-state index contributed by atoms with van der Waals surface area (Å²) in [4.78, 5) is 0.0548. The SMILES string of the molecule is CC(C)(CN)CCS(=O)c1ccc(F)cc1F. The largest absolute Gasteiger partial charge is 0.330 e. The molecule has 0 bridgehead atoms. The quantitative estimate of drug-likeness (QED) is 0.884. The van der Waals surface area contributed by atoms with Crippen LogP contribution in [0.5, 0.6) is 0 Å². The van der Waals surface area contributed by atoms with E-state index in [1.165, 1.54) is 6.07 Å². The zero-order chi connectivity index (χ0) is 13.1. The van der Waals surface area contributed by atoms with Crippen LogP contribution in [0, 0.1) is 17.0 Å². The summed E-state index contributed by atoms with van der Waals surface area (Å²) < 4.78 is 37.9. The molecule has 1 aromatic rings. The molecule has 0 spiro atoms. The van der Waals surface area contributed by atoms with Gasteiger partial charge in [-0.2, -0.15) is 0 Å². The molecule has 0 fully saturated rings. The van der Waals surface area contributed by atoms with E-state index in [1.807, 2.05) is 13.8 Å². The maximum Gasteiger partial charge on any atom is 0.142 e. The molecule has 1 rings (SSSR count). The summed E-state index contributed by atoms with van der Waals surface area (Å²) in [5, 5.41) is 0. The van der Waals surface area contributed by atoms with Gasteiger partial charge in [0.2, 0.25) is 0 Å². The van der Waals surface area contributed by atoms with E-state index in [9.17, 15) is 13.0 Å². The molecule has 17 heavy (non-hydrogen) atoms. The van der Waals surface area contributed by atoms with Gasteiger partial charge in [-0.25, -0.2) is 8.78 Å². The lowest BCUT2D eigenvalue weighted by molar-refractivity contribution is 0.367. The standard InChI is InChI=1S/C12H17F2NOS/c1-12(2,8-15)5-6-17(16)11-4-3-9(13)7-10(11)14/h3-4,7H,5-6,8,15H2,1-2H3. The summed E-state index contributed by atoms with van der Waals surface area (Å²) in [6.07, 6.45) is 0.632. The van der Waals surface area contributed by atoms with Gasteiger partial charge in [-0.15, -0.1) is 0 Å². The van der Waals surface area contributed by atoms with E-state index in [2.05, 4.69) is 0 Å². The predicted octanol–water partition coefficient (Wildman–Crippen LogP) is 2.45. The van der Waals surface area contributed by atoms with Crippen LogP contribution < -0.4 is 5.73 Å². The smallest absolute Gasteiger partial charge is 0.142 e. The molecule has 0 saturated heterocycles. The van der Waals surface area contributed by atoms with Gasteiger partial charge < -0.3 is 5.73 Å². The van der Waals surface area contributed by atoms with Crippen LogP contribution in [-0.4, -0.2) is 16.5 Å². The molecule has 0 amide bonds. The van der Waals surface area contributed by atoms with Crippen LogP contribution in [0.1, 0.15) is 20.3 Å². The third-order valence-electron chi connectivity index (χ3n) is 2.66. The van der Waals surface area contributed by atoms with Gasteiger partial charge in [-0.05, 0) is 30.5 Å². The summed E-state index contributed by atoms with van der Waals surface area (Å²) in [7, 11) is -1.45. The first kappa shape index (κ1) is 14.3. The zero-order valence-corrected chi connectivity index (χ0v) is 10.8. The summed E-state index contributed by atoms with van der Waals surface area (Å²) in [5.74, 6) is -1.09. The predicted molar refractivity (Wildman–Crippen MR) is 65.1 cm³/mol. The third kappa shape index (κ3) is 4.16. The second-order valence-electron chi connectivity index (χ2n) is 4.74. The Kier molecular flexibility index (Phi) is 4.77. The Morgan fingerprint density at radius 1 is 1.35 bits per heavy atom. The second-order valence-corrected chi connectivity index (χ2v) is 6.28. The minimum Gasteiger partial charge on any atom is -0.330 e. The Balaban J connectivity index is 2.71. The fourth-order valence-electron chi connectivity index (χ4n) is 1.24. The van der Waals surface area contributed by atoms with E-state index in [0.717, 1.165) is 12.1 Å². The molecule has 1 unspecified atom stereocenters. The number of halogens is 2. The topological polar surface area (TPSA) is 43.1 Å². The summed E-state index contributed by atoms with van der Waals surface area (Å²) in [6.45, 7) is 4.41. The molecular formula is C12H17F2NOS. The summed E-state index contributed by atoms with van der Waals surface area (Å²) in [6, 6.07) is 3.10. The fraction of sp³-hybridized carbons (Fsp3) is 0.500. The van der Waals surface area contributed by atoms with Gasteiger partial charge in [0.25, 0.3) is 0 Å². The van der Waals surface area contributed by atoms with Crippen LogP contribution in [0.2, 0.25) is 0 Å². The Morgan fingerprint density at radius 3 is 2.53 bits per heavy atom. The van der Waals surface area contributed by atoms with E-state index in [4.69, 9.17) is 5.73 Å². The summed E-state index contributed by atoms with van der Waals surface area (Å²) in [5.41, 5.74) is 5.44. The number of hydrogen-bond donors (Lipinski definition) is 1. The first-order valence-electron chi connectivity index (χ1n) is 5.39. The molecule has 5 heteroatoms. The van der Waals surface area contributed by atoms with Crippen molar-refractivity contribution in [1.82, 2.24) is 0 Å². The minimum absolute atomic E-state index is 0.0548. The molecule has 0 aliphatic carbocycles. The molecule has 0 heterocycles. The Hall–Kier alpha value is -0.810. The van der Waals surface area contributed by atoms with Crippen molar-refractivity contribution in [2.24, 2.45) is 11.1 Å². The van der Waals surface area contributed by atoms with Crippen molar-refractivity contribution in [3.63, 3.8) is 0 Å². The van der Waals surface area contributed by atoms with Crippen molar-refractivity contribution in [3.05, 3.63) is 29.8 Å². The third-order valence-corrected chi connectivity index (χ3v) is 4.05. The maximum atomic E-state index is 13.3. The second kappa shape index (κ2) is 5.69. The highest BCUT2D eigenvalue weighted by Gasteiger charge is 2.18. The molecule has 0 saturated carbocycles. The minimum atomic E-state index is -1.45. The van der Waals surface area contributed by atoms with Gasteiger partial charge in [0.05, 0.1) is 15.7 Å². The number of rotatable bonds is 5. The van der Waals surface area contributed by atoms with Crippen LogP contribution in [0.3, 0.4) is 0 Å². The molecular weight excluding hydrogens is 244 g/mol. The molecule has 2 N–H and O–H groups in total. The normalized spacial score (nSPS) is 13.7. The first-order chi connectivity index (χ1) is 7.85. The molecule has 96 valence electrons. The highest BCUT2D eigenvalue weighted by molar-refractivity contribution is 7.85. The molecule has 0 aliphatic heterocycles. The molecule has 1 aromatic carbocycles. The van der Waals surface area contributed by atoms with E-state index in [0.29, 0.717) is 18.7 Å². The van der Waals surface area contributed by atoms with Crippen molar-refractivity contribution in [3.8, 4) is 0 Å². The van der Waals surface area contributed by atoms with Crippen LogP contribution in [-0.2, 0) is 10.8 Å². The van der Waals surface area contributed by atoms with Crippen LogP contribution in [0.25, 0.3) is 0 Å². The molecule has 0 radical (unpaired) electrons. The van der Waals surface area contributed by atoms with E-state index in [-0.39, 0.29) is 10.3 Å².